The molecule has 9 nitrogen and oxygen atoms in total. The fourth-order valence-electron chi connectivity index (χ4n) is 4.60. The molecule has 10 heteroatoms. The highest BCUT2D eigenvalue weighted by atomic mass is 16.7. The molecule has 0 bridgehead atoms. The third-order valence-electron chi connectivity index (χ3n) is 7.02. The Bertz CT molecular complexity index is 729. The first-order valence-electron chi connectivity index (χ1n) is 11.9. The van der Waals surface area contributed by atoms with E-state index in [1.165, 1.54) is 6.92 Å². The van der Waals surface area contributed by atoms with Gasteiger partial charge in [0.25, 0.3) is 0 Å². The topological polar surface area (TPSA) is 126 Å². The standard InChI is InChI=1S/C23H42BN3O6/c1-15(28)26-23(18(29)27-20(2,3)4,16-13-17(14-16)25-19(30)31)11-9-10-12-24-32-21(5,6)22(7,8)33-24/h16-17,25H,9-14H2,1-8H3,(H,26,28)(H,27,29)(H,30,31)/t16?,17?,23-/m0/s1. The molecule has 2 rings (SSSR count). The molecule has 1 atom stereocenters. The maximum absolute atomic E-state index is 13.5. The van der Waals surface area contributed by atoms with Crippen molar-refractivity contribution in [2.75, 3.05) is 0 Å². The van der Waals surface area contributed by atoms with Crippen LogP contribution in [-0.4, -0.2) is 58.5 Å². The summed E-state index contributed by atoms with van der Waals surface area (Å²) in [6.45, 7) is 15.2. The molecular formula is C23H42BN3O6. The molecule has 0 radical (unpaired) electrons. The predicted octanol–water partition coefficient (Wildman–Crippen LogP) is 3.08. The number of hydrogen-bond donors (Lipinski definition) is 4. The quantitative estimate of drug-likeness (QED) is 0.305. The molecule has 1 aliphatic heterocycles. The number of unbranched alkanes of at least 4 members (excludes halogenated alkanes) is 1. The Kier molecular flexibility index (Phi) is 8.17. The minimum atomic E-state index is -1.09. The highest BCUT2D eigenvalue weighted by Gasteiger charge is 2.53. The van der Waals surface area contributed by atoms with Crippen LogP contribution in [0.25, 0.3) is 0 Å². The van der Waals surface area contributed by atoms with E-state index < -0.39 is 17.2 Å². The van der Waals surface area contributed by atoms with E-state index in [2.05, 4.69) is 16.0 Å². The molecule has 1 saturated carbocycles. The molecule has 0 aromatic heterocycles. The lowest BCUT2D eigenvalue weighted by molar-refractivity contribution is -0.139. The van der Waals surface area contributed by atoms with E-state index in [0.29, 0.717) is 32.0 Å². The van der Waals surface area contributed by atoms with Crippen molar-refractivity contribution in [3.05, 3.63) is 0 Å². The molecule has 0 spiro atoms. The zero-order valence-electron chi connectivity index (χ0n) is 21.5. The van der Waals surface area contributed by atoms with Crippen molar-refractivity contribution in [3.8, 4) is 0 Å². The summed E-state index contributed by atoms with van der Waals surface area (Å²) in [5.41, 5.74) is -2.33. The Morgan fingerprint density at radius 2 is 1.55 bits per heavy atom. The first kappa shape index (κ1) is 27.4. The normalized spacial score (nSPS) is 25.5. The van der Waals surface area contributed by atoms with Gasteiger partial charge in [0.2, 0.25) is 11.8 Å². The highest BCUT2D eigenvalue weighted by Crippen LogP contribution is 2.41. The number of amides is 3. The van der Waals surface area contributed by atoms with Crippen LogP contribution in [0.2, 0.25) is 6.32 Å². The van der Waals surface area contributed by atoms with Crippen molar-refractivity contribution >= 4 is 25.0 Å². The molecule has 33 heavy (non-hydrogen) atoms. The van der Waals surface area contributed by atoms with Crippen LogP contribution in [0, 0.1) is 5.92 Å². The lowest BCUT2D eigenvalue weighted by Crippen LogP contribution is -2.68. The second kappa shape index (κ2) is 9.82. The Morgan fingerprint density at radius 1 is 1.00 bits per heavy atom. The van der Waals surface area contributed by atoms with Gasteiger partial charge in [0, 0.05) is 18.5 Å². The second-order valence-electron chi connectivity index (χ2n) is 11.6. The Hall–Kier alpha value is -1.81. The van der Waals surface area contributed by atoms with E-state index in [4.69, 9.17) is 14.4 Å². The average Bonchev–Trinajstić information content (AvgIpc) is 2.78. The SMILES string of the molecule is CC(=O)N[C@](CCCCB1OC(C)(C)C(C)(C)O1)(C(=O)NC(C)(C)C)C1CC(NC(=O)O)C1. The molecule has 1 aliphatic carbocycles. The van der Waals surface area contributed by atoms with Gasteiger partial charge in [-0.2, -0.15) is 0 Å². The summed E-state index contributed by atoms with van der Waals surface area (Å²) in [6.07, 6.45) is 2.53. The van der Waals surface area contributed by atoms with Crippen molar-refractivity contribution in [3.63, 3.8) is 0 Å². The predicted molar refractivity (Wildman–Crippen MR) is 127 cm³/mol. The third kappa shape index (κ3) is 6.85. The molecule has 0 unspecified atom stereocenters. The molecule has 1 saturated heterocycles. The van der Waals surface area contributed by atoms with Crippen LogP contribution in [0.5, 0.6) is 0 Å². The minimum Gasteiger partial charge on any atom is -0.465 e. The lowest BCUT2D eigenvalue weighted by atomic mass is 9.65. The van der Waals surface area contributed by atoms with E-state index in [9.17, 15) is 14.4 Å². The van der Waals surface area contributed by atoms with Crippen LogP contribution < -0.4 is 16.0 Å². The van der Waals surface area contributed by atoms with Gasteiger partial charge < -0.3 is 30.4 Å². The van der Waals surface area contributed by atoms with Crippen LogP contribution in [-0.2, 0) is 18.9 Å². The number of carbonyl (C=O) groups excluding carboxylic acids is 2. The van der Waals surface area contributed by atoms with Gasteiger partial charge in [-0.25, -0.2) is 4.79 Å². The van der Waals surface area contributed by atoms with Gasteiger partial charge in [-0.05, 0) is 80.0 Å². The van der Waals surface area contributed by atoms with E-state index in [-0.39, 0.29) is 42.1 Å². The second-order valence-corrected chi connectivity index (χ2v) is 11.6. The van der Waals surface area contributed by atoms with Crippen LogP contribution in [0.3, 0.4) is 0 Å². The summed E-state index contributed by atoms with van der Waals surface area (Å²) in [4.78, 5) is 36.7. The molecule has 2 aliphatic rings. The zero-order valence-corrected chi connectivity index (χ0v) is 21.5. The third-order valence-corrected chi connectivity index (χ3v) is 7.02. The van der Waals surface area contributed by atoms with Gasteiger partial charge in [0.15, 0.2) is 0 Å². The lowest BCUT2D eigenvalue weighted by Gasteiger charge is -2.48. The van der Waals surface area contributed by atoms with Crippen molar-refractivity contribution in [2.24, 2.45) is 5.92 Å². The summed E-state index contributed by atoms with van der Waals surface area (Å²) in [5, 5.41) is 17.5. The molecule has 2 fully saturated rings. The number of carboxylic acid groups (broad SMARTS) is 1. The van der Waals surface area contributed by atoms with Crippen molar-refractivity contribution in [1.82, 2.24) is 16.0 Å². The first-order chi connectivity index (χ1) is 15.0. The smallest absolute Gasteiger partial charge is 0.457 e. The summed E-state index contributed by atoms with van der Waals surface area (Å²) in [5.74, 6) is -0.656. The van der Waals surface area contributed by atoms with Gasteiger partial charge in [-0.1, -0.05) is 12.8 Å². The average molecular weight is 467 g/mol. The van der Waals surface area contributed by atoms with Crippen LogP contribution in [0.4, 0.5) is 4.79 Å². The maximum atomic E-state index is 13.5. The van der Waals surface area contributed by atoms with Crippen molar-refractivity contribution in [1.29, 1.82) is 0 Å². The molecule has 3 amide bonds. The van der Waals surface area contributed by atoms with Gasteiger partial charge in [-0.3, -0.25) is 9.59 Å². The summed E-state index contributed by atoms with van der Waals surface area (Å²) in [7, 11) is -0.304. The zero-order chi connectivity index (χ0) is 25.2. The summed E-state index contributed by atoms with van der Waals surface area (Å²) in [6, 6.07) is -0.215. The number of nitrogens with one attached hydrogen (secondary N) is 3. The number of hydrogen-bond acceptors (Lipinski definition) is 5. The number of rotatable bonds is 9. The van der Waals surface area contributed by atoms with E-state index in [1.54, 1.807) is 0 Å². The van der Waals surface area contributed by atoms with Crippen LogP contribution in [0.1, 0.15) is 87.5 Å². The molecule has 0 aromatic rings. The largest absolute Gasteiger partial charge is 0.465 e. The fourth-order valence-corrected chi connectivity index (χ4v) is 4.60. The van der Waals surface area contributed by atoms with Gasteiger partial charge in [-0.15, -0.1) is 0 Å². The van der Waals surface area contributed by atoms with E-state index in [1.807, 2.05) is 48.5 Å². The molecule has 188 valence electrons. The van der Waals surface area contributed by atoms with Crippen LogP contribution >= 0.6 is 0 Å². The fraction of sp³-hybridized carbons (Fsp3) is 0.870. The van der Waals surface area contributed by atoms with E-state index in [0.717, 1.165) is 6.42 Å². The number of carbonyl (C=O) groups is 3. The van der Waals surface area contributed by atoms with Gasteiger partial charge in [0.05, 0.1) is 11.2 Å². The summed E-state index contributed by atoms with van der Waals surface area (Å²) < 4.78 is 12.1. The Labute approximate surface area is 198 Å². The minimum absolute atomic E-state index is 0.155. The molecule has 1 heterocycles. The maximum Gasteiger partial charge on any atom is 0.457 e. The molecule has 4 N–H and O–H groups in total. The van der Waals surface area contributed by atoms with Gasteiger partial charge >= 0.3 is 13.2 Å². The van der Waals surface area contributed by atoms with E-state index >= 15 is 0 Å². The molecular weight excluding hydrogens is 425 g/mol. The first-order valence-corrected chi connectivity index (χ1v) is 11.9. The monoisotopic (exact) mass is 467 g/mol. The Balaban J connectivity index is 2.10. The summed E-state index contributed by atoms with van der Waals surface area (Å²) >= 11 is 0. The van der Waals surface area contributed by atoms with Crippen LogP contribution in [0.15, 0.2) is 0 Å². The molecule has 0 aromatic carbocycles. The van der Waals surface area contributed by atoms with Crippen molar-refractivity contribution in [2.45, 2.75) is 122 Å². The Morgan fingerprint density at radius 3 is 2.00 bits per heavy atom. The van der Waals surface area contributed by atoms with Gasteiger partial charge in [0.1, 0.15) is 5.54 Å². The van der Waals surface area contributed by atoms with Crippen molar-refractivity contribution < 1.29 is 28.8 Å². The highest BCUT2D eigenvalue weighted by molar-refractivity contribution is 6.45.